The summed E-state index contributed by atoms with van der Waals surface area (Å²) in [7, 11) is -0.586. The monoisotopic (exact) mass is 705 g/mol. The van der Waals surface area contributed by atoms with E-state index < -0.39 is 0 Å². The Morgan fingerprint density at radius 2 is 1.33 bits per heavy atom. The zero-order valence-electron chi connectivity index (χ0n) is 24.6. The van der Waals surface area contributed by atoms with Crippen LogP contribution in [0.5, 0.6) is 0 Å². The second-order valence-electron chi connectivity index (χ2n) is 10.7. The third-order valence-electron chi connectivity index (χ3n) is 7.23. The molecule has 0 spiro atoms. The van der Waals surface area contributed by atoms with Crippen molar-refractivity contribution >= 4 is 68.8 Å². The minimum absolute atomic E-state index is 0.288. The maximum Gasteiger partial charge on any atom is 0.493 e. The van der Waals surface area contributed by atoms with Gasteiger partial charge in [0, 0.05) is 61.0 Å². The Balaban J connectivity index is 1.26. The van der Waals surface area contributed by atoms with Crippen LogP contribution in [0.25, 0.3) is 5.57 Å². The molecular weight excluding hydrogens is 670 g/mol. The van der Waals surface area contributed by atoms with Crippen LogP contribution >= 0.6 is 31.9 Å². The number of aromatic nitrogens is 1. The lowest BCUT2D eigenvalue weighted by Gasteiger charge is -2.20. The molecule has 10 heteroatoms. The molecule has 3 heterocycles. The van der Waals surface area contributed by atoms with Crippen LogP contribution in [0.1, 0.15) is 47.6 Å². The lowest BCUT2D eigenvalue weighted by molar-refractivity contribution is -0.688. The Kier molecular flexibility index (Phi) is 12.4. The van der Waals surface area contributed by atoms with Gasteiger partial charge in [-0.2, -0.15) is 0 Å². The van der Waals surface area contributed by atoms with E-state index in [0.29, 0.717) is 6.54 Å². The van der Waals surface area contributed by atoms with Gasteiger partial charge in [-0.3, -0.25) is 4.99 Å². The highest BCUT2D eigenvalue weighted by Crippen LogP contribution is 2.16. The van der Waals surface area contributed by atoms with Crippen molar-refractivity contribution < 1.29 is 23.2 Å². The summed E-state index contributed by atoms with van der Waals surface area (Å²) in [5.41, 5.74) is 9.12. The van der Waals surface area contributed by atoms with Gasteiger partial charge in [0.1, 0.15) is 0 Å². The van der Waals surface area contributed by atoms with Gasteiger partial charge in [0.15, 0.2) is 18.9 Å². The second-order valence-corrected chi connectivity index (χ2v) is 11.8. The molecule has 2 fully saturated rings. The molecule has 0 N–H and O–H groups in total. The molecule has 6 nitrogen and oxygen atoms in total. The van der Waals surface area contributed by atoms with E-state index in [1.807, 2.05) is 13.1 Å². The van der Waals surface area contributed by atoms with Crippen LogP contribution < -0.4 is 15.5 Å². The van der Waals surface area contributed by atoms with E-state index >= 15 is 0 Å². The molecule has 2 aromatic carbocycles. The Bertz CT molecular complexity index is 1440. The van der Waals surface area contributed by atoms with E-state index in [-0.39, 0.29) is 14.2 Å². The Hall–Kier alpha value is -2.33. The molecule has 0 aliphatic carbocycles. The van der Waals surface area contributed by atoms with Gasteiger partial charge >= 0.3 is 14.2 Å². The van der Waals surface area contributed by atoms with Crippen LogP contribution in [0.15, 0.2) is 84.1 Å². The summed E-state index contributed by atoms with van der Waals surface area (Å²) in [6, 6.07) is 17.3. The van der Waals surface area contributed by atoms with Gasteiger partial charge in [0.05, 0.1) is 6.54 Å². The van der Waals surface area contributed by atoms with Gasteiger partial charge < -0.3 is 18.6 Å². The average Bonchev–Trinajstić information content (AvgIpc) is 3.07. The normalized spacial score (nSPS) is 16.5. The largest absolute Gasteiger partial charge is 0.493 e. The smallest absolute Gasteiger partial charge is 0.407 e. The Labute approximate surface area is 272 Å². The molecule has 0 bridgehead atoms. The summed E-state index contributed by atoms with van der Waals surface area (Å²) in [6.45, 7) is 6.30. The third-order valence-corrected chi connectivity index (χ3v) is 8.52. The molecule has 222 valence electrons. The van der Waals surface area contributed by atoms with Crippen molar-refractivity contribution in [1.82, 2.24) is 0 Å². The molecule has 2 aliphatic heterocycles. The molecule has 0 saturated carbocycles. The third kappa shape index (κ3) is 9.33. The number of aliphatic imine (C=N–C) groups is 1. The van der Waals surface area contributed by atoms with Crippen LogP contribution in [0.4, 0.5) is 0 Å². The highest BCUT2D eigenvalue weighted by Gasteiger charge is 2.26. The second kappa shape index (κ2) is 16.7. The summed E-state index contributed by atoms with van der Waals surface area (Å²) in [5.74, 6) is 0. The van der Waals surface area contributed by atoms with Crippen LogP contribution in [0.3, 0.4) is 0 Å². The van der Waals surface area contributed by atoms with Crippen molar-refractivity contribution in [2.45, 2.75) is 43.5 Å². The van der Waals surface area contributed by atoms with E-state index in [2.05, 4.69) is 116 Å². The summed E-state index contributed by atoms with van der Waals surface area (Å²) < 4.78 is 25.6. The highest BCUT2D eigenvalue weighted by molar-refractivity contribution is 9.08. The number of rotatable bonds is 11. The molecule has 0 amide bonds. The molecule has 43 heavy (non-hydrogen) atoms. The number of alkyl halides is 2. The fraction of sp³-hybridized carbons (Fsp3) is 0.333. The molecular formula is C33H37B2Br2N2O4+. The van der Waals surface area contributed by atoms with Gasteiger partial charge in [-0.15, -0.1) is 0 Å². The number of hydrogen-bond donors (Lipinski definition) is 0. The molecule has 2 saturated heterocycles. The van der Waals surface area contributed by atoms with E-state index in [1.54, 1.807) is 0 Å². The minimum Gasteiger partial charge on any atom is -0.407 e. The van der Waals surface area contributed by atoms with E-state index in [4.69, 9.17) is 23.6 Å². The molecule has 2 aliphatic rings. The molecule has 0 atom stereocenters. The molecule has 1 aromatic heterocycles. The fourth-order valence-corrected chi connectivity index (χ4v) is 5.88. The predicted molar refractivity (Wildman–Crippen MR) is 183 cm³/mol. The number of allylic oxidation sites excluding steroid dienone is 4. The molecule has 5 rings (SSSR count). The zero-order chi connectivity index (χ0) is 29.9. The standard InChI is InChI=1S/C33H37B2Br2N2O4/c1-2-5-30(6-9-38-24-28-16-26(22-36)18-32(20-28)34-40-12-3-13-41-34)31-7-10-39(11-8-31)25-29-17-27(23-37)19-33(21-29)35-42-14-4-15-43-35/h2,5-11,16-21H,3-4,12-15,22-25H2,1H3/q+1/b5-2-,30-6+,38-9?. The summed E-state index contributed by atoms with van der Waals surface area (Å²) >= 11 is 7.21. The minimum atomic E-state index is -0.298. The van der Waals surface area contributed by atoms with Gasteiger partial charge in [-0.25, -0.2) is 4.57 Å². The summed E-state index contributed by atoms with van der Waals surface area (Å²) in [6.07, 6.45) is 14.3. The van der Waals surface area contributed by atoms with Crippen molar-refractivity contribution in [3.63, 3.8) is 0 Å². The zero-order valence-corrected chi connectivity index (χ0v) is 27.8. The Morgan fingerprint density at radius 3 is 1.88 bits per heavy atom. The number of benzene rings is 2. The molecule has 3 aromatic rings. The quantitative estimate of drug-likeness (QED) is 0.0893. The van der Waals surface area contributed by atoms with E-state index in [1.165, 1.54) is 16.7 Å². The van der Waals surface area contributed by atoms with E-state index in [0.717, 1.165) is 84.1 Å². The van der Waals surface area contributed by atoms with E-state index in [9.17, 15) is 0 Å². The van der Waals surface area contributed by atoms with Crippen molar-refractivity contribution in [1.29, 1.82) is 0 Å². The maximum absolute atomic E-state index is 5.86. The number of halogens is 2. The maximum atomic E-state index is 5.86. The van der Waals surface area contributed by atoms with Crippen molar-refractivity contribution in [2.75, 3.05) is 26.4 Å². The molecule has 0 radical (unpaired) electrons. The van der Waals surface area contributed by atoms with Crippen LogP contribution in [-0.4, -0.2) is 46.9 Å². The van der Waals surface area contributed by atoms with Gasteiger partial charge in [-0.05, 0) is 70.7 Å². The topological polar surface area (TPSA) is 53.2 Å². The summed E-state index contributed by atoms with van der Waals surface area (Å²) in [5, 5.41) is 1.56. The lowest BCUT2D eigenvalue weighted by Crippen LogP contribution is -2.42. The van der Waals surface area contributed by atoms with Gasteiger partial charge in [0.2, 0.25) is 0 Å². The number of pyridine rings is 1. The van der Waals surface area contributed by atoms with Crippen LogP contribution in [0, 0.1) is 0 Å². The lowest BCUT2D eigenvalue weighted by atomic mass is 9.76. The first-order valence-electron chi connectivity index (χ1n) is 14.8. The SMILES string of the molecule is C/C=C\C(=C/C=NCc1cc(CBr)cc(B2OCCCO2)c1)c1cc[n+](Cc2cc(CBr)cc(B3OCCCO3)c2)cc1. The number of hydrogen-bond acceptors (Lipinski definition) is 5. The Morgan fingerprint density at radius 1 is 0.791 bits per heavy atom. The van der Waals surface area contributed by atoms with Gasteiger partial charge in [-0.1, -0.05) is 74.3 Å². The van der Waals surface area contributed by atoms with Crippen molar-refractivity contribution in [3.8, 4) is 0 Å². The first kappa shape index (κ1) is 32.1. The number of nitrogens with zero attached hydrogens (tertiary/aromatic N) is 2. The van der Waals surface area contributed by atoms with Crippen LogP contribution in [0.2, 0.25) is 0 Å². The van der Waals surface area contributed by atoms with Crippen molar-refractivity contribution in [3.05, 3.63) is 107 Å². The highest BCUT2D eigenvalue weighted by atomic mass is 79.9. The first-order chi connectivity index (χ1) is 21.1. The fourth-order valence-electron chi connectivity index (χ4n) is 5.24. The summed E-state index contributed by atoms with van der Waals surface area (Å²) in [4.78, 5) is 4.73. The first-order valence-corrected chi connectivity index (χ1v) is 17.1. The average molecular weight is 707 g/mol. The van der Waals surface area contributed by atoms with Gasteiger partial charge in [0.25, 0.3) is 0 Å². The van der Waals surface area contributed by atoms with Crippen molar-refractivity contribution in [2.24, 2.45) is 4.99 Å². The van der Waals surface area contributed by atoms with Crippen LogP contribution in [-0.2, 0) is 42.4 Å². The molecule has 0 unspecified atom stereocenters. The predicted octanol–water partition coefficient (Wildman–Crippen LogP) is 5.31.